The van der Waals surface area contributed by atoms with Crippen molar-refractivity contribution >= 4 is 29.9 Å². The Kier molecular flexibility index (Phi) is 10.4. The molecule has 0 amide bonds. The van der Waals surface area contributed by atoms with Crippen LogP contribution in [0.2, 0.25) is 0 Å². The molecule has 0 aromatic heterocycles. The van der Waals surface area contributed by atoms with Crippen molar-refractivity contribution in [2.45, 2.75) is 57.7 Å². The van der Waals surface area contributed by atoms with Crippen LogP contribution in [0.5, 0.6) is 0 Å². The monoisotopic (exact) mass is 486 g/mol. The van der Waals surface area contributed by atoms with Gasteiger partial charge in [0, 0.05) is 33.3 Å². The van der Waals surface area contributed by atoms with Crippen molar-refractivity contribution in [1.29, 1.82) is 0 Å². The van der Waals surface area contributed by atoms with Gasteiger partial charge < -0.3 is 15.4 Å². The Balaban J connectivity index is 0.00000261. The van der Waals surface area contributed by atoms with Crippen molar-refractivity contribution in [1.82, 2.24) is 15.5 Å². The Morgan fingerprint density at radius 2 is 1.89 bits per heavy atom. The summed E-state index contributed by atoms with van der Waals surface area (Å²) in [7, 11) is 1.82. The van der Waals surface area contributed by atoms with Crippen molar-refractivity contribution in [2.24, 2.45) is 4.99 Å². The second kappa shape index (κ2) is 12.6. The van der Waals surface area contributed by atoms with Crippen LogP contribution in [0.4, 0.5) is 0 Å². The molecule has 0 aliphatic carbocycles. The average molecular weight is 486 g/mol. The van der Waals surface area contributed by atoms with Crippen molar-refractivity contribution in [3.8, 4) is 0 Å². The maximum Gasteiger partial charge on any atom is 0.191 e. The van der Waals surface area contributed by atoms with Gasteiger partial charge >= 0.3 is 0 Å². The first kappa shape index (κ1) is 22.4. The van der Waals surface area contributed by atoms with Crippen LogP contribution in [-0.4, -0.2) is 50.3 Å². The quantitative estimate of drug-likeness (QED) is 0.367. The van der Waals surface area contributed by atoms with Crippen molar-refractivity contribution in [3.05, 3.63) is 35.4 Å². The number of nitrogens with zero attached hydrogens (tertiary/aromatic N) is 2. The standard InChI is InChI=1S/C21H34N4O.HI/c1-22-21(24-16-20-10-7-13-26-20)23-15-18-8-6-9-19(14-18)17-25-11-4-2-3-5-12-25;/h6,8-9,14,20H,2-5,7,10-13,15-17H2,1H3,(H2,22,23,24);1H. The molecule has 1 unspecified atom stereocenters. The summed E-state index contributed by atoms with van der Waals surface area (Å²) in [6, 6.07) is 8.93. The predicted octanol–water partition coefficient (Wildman–Crippen LogP) is 3.52. The van der Waals surface area contributed by atoms with Gasteiger partial charge in [-0.3, -0.25) is 9.89 Å². The van der Waals surface area contributed by atoms with Crippen LogP contribution in [0.15, 0.2) is 29.3 Å². The van der Waals surface area contributed by atoms with Gasteiger partial charge in [0.15, 0.2) is 5.96 Å². The molecule has 6 heteroatoms. The minimum Gasteiger partial charge on any atom is -0.376 e. The van der Waals surface area contributed by atoms with Crippen LogP contribution in [0.25, 0.3) is 0 Å². The van der Waals surface area contributed by atoms with E-state index in [0.717, 1.165) is 38.6 Å². The summed E-state index contributed by atoms with van der Waals surface area (Å²) < 4.78 is 5.66. The first-order chi connectivity index (χ1) is 12.8. The highest BCUT2D eigenvalue weighted by Gasteiger charge is 2.15. The molecule has 2 N–H and O–H groups in total. The van der Waals surface area contributed by atoms with E-state index >= 15 is 0 Å². The molecule has 0 saturated carbocycles. The number of aliphatic imine (C=N–C) groups is 1. The Labute approximate surface area is 181 Å². The largest absolute Gasteiger partial charge is 0.376 e. The van der Waals surface area contributed by atoms with Gasteiger partial charge in [0.1, 0.15) is 0 Å². The van der Waals surface area contributed by atoms with Gasteiger partial charge in [0.05, 0.1) is 6.10 Å². The molecule has 1 aromatic carbocycles. The second-order valence-electron chi connectivity index (χ2n) is 7.45. The van der Waals surface area contributed by atoms with Crippen LogP contribution in [0, 0.1) is 0 Å². The Morgan fingerprint density at radius 1 is 1.11 bits per heavy atom. The third-order valence-corrected chi connectivity index (χ3v) is 5.30. The fraction of sp³-hybridized carbons (Fsp3) is 0.667. The molecule has 2 fully saturated rings. The Bertz CT molecular complexity index is 567. The van der Waals surface area contributed by atoms with Gasteiger partial charge in [-0.25, -0.2) is 0 Å². The zero-order valence-corrected chi connectivity index (χ0v) is 18.9. The lowest BCUT2D eigenvalue weighted by molar-refractivity contribution is 0.114. The maximum absolute atomic E-state index is 5.66. The lowest BCUT2D eigenvalue weighted by atomic mass is 10.1. The molecule has 1 aromatic rings. The summed E-state index contributed by atoms with van der Waals surface area (Å²) in [6.07, 6.45) is 8.09. The SMILES string of the molecule is CN=C(NCc1cccc(CN2CCCCCC2)c1)NCC1CCCO1.I. The summed E-state index contributed by atoms with van der Waals surface area (Å²) in [6.45, 7) is 6.06. The van der Waals surface area contributed by atoms with Gasteiger partial charge in [-0.1, -0.05) is 37.1 Å². The van der Waals surface area contributed by atoms with Crippen molar-refractivity contribution in [3.63, 3.8) is 0 Å². The van der Waals surface area contributed by atoms with Crippen molar-refractivity contribution in [2.75, 3.05) is 33.3 Å². The van der Waals surface area contributed by atoms with Crippen LogP contribution < -0.4 is 10.6 Å². The third-order valence-electron chi connectivity index (χ3n) is 5.30. The number of nitrogens with one attached hydrogen (secondary N) is 2. The third kappa shape index (κ3) is 7.95. The van der Waals surface area contributed by atoms with Crippen LogP contribution in [0.3, 0.4) is 0 Å². The highest BCUT2D eigenvalue weighted by Crippen LogP contribution is 2.14. The molecule has 0 bridgehead atoms. The summed E-state index contributed by atoms with van der Waals surface area (Å²) in [5.41, 5.74) is 2.71. The van der Waals surface area contributed by atoms with Gasteiger partial charge in [0.25, 0.3) is 0 Å². The highest BCUT2D eigenvalue weighted by molar-refractivity contribution is 14.0. The predicted molar refractivity (Wildman–Crippen MR) is 123 cm³/mol. The minimum atomic E-state index is 0. The highest BCUT2D eigenvalue weighted by atomic mass is 127. The molecule has 1 atom stereocenters. The van der Waals surface area contributed by atoms with E-state index in [9.17, 15) is 0 Å². The number of guanidine groups is 1. The zero-order chi connectivity index (χ0) is 18.0. The van der Waals surface area contributed by atoms with Crippen molar-refractivity contribution < 1.29 is 4.74 Å². The number of hydrogen-bond acceptors (Lipinski definition) is 3. The zero-order valence-electron chi connectivity index (χ0n) is 16.6. The first-order valence-electron chi connectivity index (χ1n) is 10.2. The normalized spacial score (nSPS) is 21.4. The topological polar surface area (TPSA) is 48.9 Å². The maximum atomic E-state index is 5.66. The van der Waals surface area contributed by atoms with Crippen LogP contribution >= 0.6 is 24.0 Å². The van der Waals surface area contributed by atoms with Gasteiger partial charge in [-0.2, -0.15) is 0 Å². The summed E-state index contributed by atoms with van der Waals surface area (Å²) >= 11 is 0. The summed E-state index contributed by atoms with van der Waals surface area (Å²) in [5.74, 6) is 0.846. The van der Waals surface area contributed by atoms with E-state index in [4.69, 9.17) is 4.74 Å². The average Bonchev–Trinajstić information content (AvgIpc) is 3.06. The lowest BCUT2D eigenvalue weighted by Gasteiger charge is -2.20. The molecular weight excluding hydrogens is 451 g/mol. The van der Waals surface area contributed by atoms with E-state index in [0.29, 0.717) is 6.10 Å². The molecule has 2 saturated heterocycles. The smallest absolute Gasteiger partial charge is 0.191 e. The molecule has 2 aliphatic heterocycles. The molecule has 0 spiro atoms. The molecule has 5 nitrogen and oxygen atoms in total. The van der Waals surface area contributed by atoms with Crippen LogP contribution in [-0.2, 0) is 17.8 Å². The molecule has 3 rings (SSSR count). The van der Waals surface area contributed by atoms with E-state index in [1.54, 1.807) is 0 Å². The molecule has 27 heavy (non-hydrogen) atoms. The van der Waals surface area contributed by atoms with Gasteiger partial charge in [0.2, 0.25) is 0 Å². The first-order valence-corrected chi connectivity index (χ1v) is 10.2. The van der Waals surface area contributed by atoms with E-state index in [1.165, 1.54) is 56.3 Å². The van der Waals surface area contributed by atoms with E-state index < -0.39 is 0 Å². The number of rotatable bonds is 6. The minimum absolute atomic E-state index is 0. The Hall–Kier alpha value is -0.860. The van der Waals surface area contributed by atoms with E-state index in [1.807, 2.05) is 7.05 Å². The number of likely N-dealkylation sites (tertiary alicyclic amines) is 1. The van der Waals surface area contributed by atoms with E-state index in [2.05, 4.69) is 44.8 Å². The van der Waals surface area contributed by atoms with Gasteiger partial charge in [-0.05, 0) is 49.9 Å². The molecule has 152 valence electrons. The number of benzene rings is 1. The van der Waals surface area contributed by atoms with E-state index in [-0.39, 0.29) is 24.0 Å². The lowest BCUT2D eigenvalue weighted by Crippen LogP contribution is -2.40. The molecular formula is C21H35IN4O. The second-order valence-corrected chi connectivity index (χ2v) is 7.45. The number of hydrogen-bond donors (Lipinski definition) is 2. The fourth-order valence-electron chi connectivity index (χ4n) is 3.81. The molecule has 2 heterocycles. The molecule has 2 aliphatic rings. The number of ether oxygens (including phenoxy) is 1. The fourth-order valence-corrected chi connectivity index (χ4v) is 3.81. The summed E-state index contributed by atoms with van der Waals surface area (Å²) in [4.78, 5) is 6.92. The molecule has 0 radical (unpaired) electrons. The van der Waals surface area contributed by atoms with Crippen LogP contribution in [0.1, 0.15) is 49.7 Å². The Morgan fingerprint density at radius 3 is 2.59 bits per heavy atom. The number of halogens is 1. The summed E-state index contributed by atoms with van der Waals surface area (Å²) in [5, 5.41) is 6.79. The van der Waals surface area contributed by atoms with Gasteiger partial charge in [-0.15, -0.1) is 24.0 Å².